The molecule has 1 amide bonds. The number of amides is 1. The molecule has 0 bridgehead atoms. The average molecular weight is 375 g/mol. The van der Waals surface area contributed by atoms with Crippen LogP contribution in [0.4, 0.5) is 17.1 Å². The lowest BCUT2D eigenvalue weighted by Crippen LogP contribution is -2.15. The van der Waals surface area contributed by atoms with Crippen molar-refractivity contribution in [2.75, 3.05) is 17.7 Å². The van der Waals surface area contributed by atoms with Crippen LogP contribution in [-0.2, 0) is 4.74 Å². The number of rotatable bonds is 5. The van der Waals surface area contributed by atoms with E-state index in [2.05, 4.69) is 15.6 Å². The number of para-hydroxylation sites is 2. The molecule has 0 aliphatic rings. The molecule has 0 aliphatic heterocycles. The van der Waals surface area contributed by atoms with Gasteiger partial charge >= 0.3 is 5.97 Å². The van der Waals surface area contributed by atoms with E-state index >= 15 is 0 Å². The maximum absolute atomic E-state index is 12.7. The van der Waals surface area contributed by atoms with Crippen molar-refractivity contribution < 1.29 is 14.3 Å². The van der Waals surface area contributed by atoms with Gasteiger partial charge in [-0.3, -0.25) is 9.78 Å². The summed E-state index contributed by atoms with van der Waals surface area (Å²) in [6, 6.07) is 16.2. The van der Waals surface area contributed by atoms with Crippen molar-refractivity contribution in [3.8, 4) is 0 Å². The minimum absolute atomic E-state index is 0.267. The highest BCUT2D eigenvalue weighted by Crippen LogP contribution is 2.23. The van der Waals surface area contributed by atoms with Crippen LogP contribution < -0.4 is 10.6 Å². The van der Waals surface area contributed by atoms with E-state index in [0.29, 0.717) is 16.9 Å². The summed E-state index contributed by atoms with van der Waals surface area (Å²) in [5.74, 6) is -0.743. The first-order chi connectivity index (χ1) is 13.5. The average Bonchev–Trinajstić information content (AvgIpc) is 2.71. The summed E-state index contributed by atoms with van der Waals surface area (Å²) >= 11 is 0. The Labute approximate surface area is 163 Å². The monoisotopic (exact) mass is 375 g/mol. The topological polar surface area (TPSA) is 80.3 Å². The first-order valence-corrected chi connectivity index (χ1v) is 8.77. The number of hydrogen-bond donors (Lipinski definition) is 2. The Kier molecular flexibility index (Phi) is 5.69. The Morgan fingerprint density at radius 2 is 1.68 bits per heavy atom. The molecule has 142 valence electrons. The van der Waals surface area contributed by atoms with Crippen molar-refractivity contribution in [2.24, 2.45) is 0 Å². The Hall–Kier alpha value is -3.67. The number of nitrogens with zero attached hydrogens (tertiary/aromatic N) is 1. The zero-order valence-electron chi connectivity index (χ0n) is 15.9. The standard InChI is InChI=1S/C22H21N3O3/c1-14-7-6-8-15(2)20(14)25-21(26)19-13-16(11-12-23-19)24-18-10-5-4-9-17(18)22(27)28-3/h4-13H,1-3H3,(H,23,24)(H,25,26). The summed E-state index contributed by atoms with van der Waals surface area (Å²) in [4.78, 5) is 28.8. The second-order valence-electron chi connectivity index (χ2n) is 6.31. The number of ether oxygens (including phenoxy) is 1. The molecule has 1 heterocycles. The van der Waals surface area contributed by atoms with E-state index in [4.69, 9.17) is 4.74 Å². The van der Waals surface area contributed by atoms with Gasteiger partial charge in [0.2, 0.25) is 0 Å². The van der Waals surface area contributed by atoms with Gasteiger partial charge in [0.15, 0.2) is 0 Å². The predicted octanol–water partition coefficient (Wildman–Crippen LogP) is 4.48. The Morgan fingerprint density at radius 3 is 2.39 bits per heavy atom. The molecule has 2 N–H and O–H groups in total. The first kappa shape index (κ1) is 19.1. The highest BCUT2D eigenvalue weighted by molar-refractivity contribution is 6.04. The summed E-state index contributed by atoms with van der Waals surface area (Å²) in [5.41, 5.74) is 4.64. The maximum atomic E-state index is 12.7. The lowest BCUT2D eigenvalue weighted by molar-refractivity contribution is 0.0601. The predicted molar refractivity (Wildman–Crippen MR) is 109 cm³/mol. The van der Waals surface area contributed by atoms with Crippen molar-refractivity contribution in [1.29, 1.82) is 0 Å². The third kappa shape index (κ3) is 4.17. The number of esters is 1. The van der Waals surface area contributed by atoms with E-state index < -0.39 is 5.97 Å². The van der Waals surface area contributed by atoms with Crippen molar-refractivity contribution in [1.82, 2.24) is 4.98 Å². The van der Waals surface area contributed by atoms with Crippen LogP contribution in [0, 0.1) is 13.8 Å². The summed E-state index contributed by atoms with van der Waals surface area (Å²) in [5, 5.41) is 6.07. The minimum Gasteiger partial charge on any atom is -0.465 e. The van der Waals surface area contributed by atoms with Crippen LogP contribution in [0.1, 0.15) is 32.0 Å². The zero-order valence-corrected chi connectivity index (χ0v) is 15.9. The quantitative estimate of drug-likeness (QED) is 0.643. The van der Waals surface area contributed by atoms with Gasteiger partial charge < -0.3 is 15.4 Å². The van der Waals surface area contributed by atoms with Gasteiger partial charge in [-0.15, -0.1) is 0 Å². The van der Waals surface area contributed by atoms with Gasteiger partial charge in [-0.05, 0) is 49.2 Å². The molecule has 3 aromatic rings. The van der Waals surface area contributed by atoms with E-state index in [1.54, 1.807) is 36.5 Å². The van der Waals surface area contributed by atoms with Crippen LogP contribution in [0.2, 0.25) is 0 Å². The van der Waals surface area contributed by atoms with Crippen LogP contribution in [0.15, 0.2) is 60.8 Å². The summed E-state index contributed by atoms with van der Waals surface area (Å²) < 4.78 is 4.81. The Morgan fingerprint density at radius 1 is 0.964 bits per heavy atom. The fourth-order valence-corrected chi connectivity index (χ4v) is 2.86. The van der Waals surface area contributed by atoms with E-state index in [1.165, 1.54) is 7.11 Å². The van der Waals surface area contributed by atoms with Gasteiger partial charge in [-0.2, -0.15) is 0 Å². The highest BCUT2D eigenvalue weighted by atomic mass is 16.5. The van der Waals surface area contributed by atoms with E-state index in [1.807, 2.05) is 38.1 Å². The van der Waals surface area contributed by atoms with E-state index in [0.717, 1.165) is 16.8 Å². The number of benzene rings is 2. The number of hydrogen-bond acceptors (Lipinski definition) is 5. The highest BCUT2D eigenvalue weighted by Gasteiger charge is 2.14. The molecule has 0 saturated heterocycles. The largest absolute Gasteiger partial charge is 0.465 e. The number of anilines is 3. The van der Waals surface area contributed by atoms with Gasteiger partial charge in [0, 0.05) is 17.6 Å². The molecule has 1 aromatic heterocycles. The molecule has 0 unspecified atom stereocenters. The number of methoxy groups -OCH3 is 1. The summed E-state index contributed by atoms with van der Waals surface area (Å²) in [6.45, 7) is 3.88. The fourth-order valence-electron chi connectivity index (χ4n) is 2.86. The van der Waals surface area contributed by atoms with Crippen molar-refractivity contribution in [3.63, 3.8) is 0 Å². The van der Waals surface area contributed by atoms with E-state index in [9.17, 15) is 9.59 Å². The Bertz CT molecular complexity index is 1010. The third-order valence-corrected chi connectivity index (χ3v) is 4.32. The van der Waals surface area contributed by atoms with Crippen molar-refractivity contribution in [2.45, 2.75) is 13.8 Å². The zero-order chi connectivity index (χ0) is 20.1. The van der Waals surface area contributed by atoms with Gasteiger partial charge in [-0.1, -0.05) is 30.3 Å². The fraction of sp³-hybridized carbons (Fsp3) is 0.136. The molecule has 0 spiro atoms. The van der Waals surface area contributed by atoms with Crippen LogP contribution >= 0.6 is 0 Å². The molecule has 0 atom stereocenters. The van der Waals surface area contributed by atoms with Crippen LogP contribution in [0.5, 0.6) is 0 Å². The summed E-state index contributed by atoms with van der Waals surface area (Å²) in [7, 11) is 1.33. The number of carbonyl (C=O) groups excluding carboxylic acids is 2. The number of aryl methyl sites for hydroxylation is 2. The van der Waals surface area contributed by atoms with Crippen LogP contribution in [0.25, 0.3) is 0 Å². The lowest BCUT2D eigenvalue weighted by Gasteiger charge is -2.13. The molecule has 0 fully saturated rings. The second kappa shape index (κ2) is 8.35. The first-order valence-electron chi connectivity index (χ1n) is 8.77. The number of nitrogens with one attached hydrogen (secondary N) is 2. The van der Waals surface area contributed by atoms with Gasteiger partial charge in [0.05, 0.1) is 18.4 Å². The minimum atomic E-state index is -0.440. The Balaban J connectivity index is 1.83. The lowest BCUT2D eigenvalue weighted by atomic mass is 10.1. The smallest absolute Gasteiger partial charge is 0.339 e. The number of carbonyl (C=O) groups is 2. The summed E-state index contributed by atoms with van der Waals surface area (Å²) in [6.07, 6.45) is 1.54. The molecule has 0 aliphatic carbocycles. The normalized spacial score (nSPS) is 10.2. The van der Waals surface area contributed by atoms with Gasteiger partial charge in [0.1, 0.15) is 5.69 Å². The molecule has 2 aromatic carbocycles. The molecule has 6 heteroatoms. The second-order valence-corrected chi connectivity index (χ2v) is 6.31. The van der Waals surface area contributed by atoms with Gasteiger partial charge in [0.25, 0.3) is 5.91 Å². The molecular formula is C22H21N3O3. The van der Waals surface area contributed by atoms with Crippen molar-refractivity contribution >= 4 is 28.9 Å². The molecule has 6 nitrogen and oxygen atoms in total. The van der Waals surface area contributed by atoms with E-state index in [-0.39, 0.29) is 11.6 Å². The van der Waals surface area contributed by atoms with Crippen LogP contribution in [-0.4, -0.2) is 24.0 Å². The third-order valence-electron chi connectivity index (χ3n) is 4.32. The molecule has 0 radical (unpaired) electrons. The van der Waals surface area contributed by atoms with Gasteiger partial charge in [-0.25, -0.2) is 4.79 Å². The number of aromatic nitrogens is 1. The SMILES string of the molecule is COC(=O)c1ccccc1Nc1ccnc(C(=O)Nc2c(C)cccc2C)c1. The molecule has 0 saturated carbocycles. The maximum Gasteiger partial charge on any atom is 0.339 e. The van der Waals surface area contributed by atoms with Crippen molar-refractivity contribution in [3.05, 3.63) is 83.2 Å². The van der Waals surface area contributed by atoms with Crippen LogP contribution in [0.3, 0.4) is 0 Å². The molecular weight excluding hydrogens is 354 g/mol. The molecule has 3 rings (SSSR count). The molecule has 28 heavy (non-hydrogen) atoms. The number of pyridine rings is 1.